The van der Waals surface area contributed by atoms with Crippen molar-refractivity contribution in [1.29, 1.82) is 0 Å². The quantitative estimate of drug-likeness (QED) is 0.790. The number of hydrogen-bond acceptors (Lipinski definition) is 3. The van der Waals surface area contributed by atoms with Gasteiger partial charge in [0.15, 0.2) is 0 Å². The van der Waals surface area contributed by atoms with Crippen molar-refractivity contribution < 1.29 is 9.50 Å². The number of aryl methyl sites for hydroxylation is 2. The van der Waals surface area contributed by atoms with E-state index >= 15 is 0 Å². The highest BCUT2D eigenvalue weighted by Gasteiger charge is 2.20. The summed E-state index contributed by atoms with van der Waals surface area (Å²) < 4.78 is 14.8. The van der Waals surface area contributed by atoms with Gasteiger partial charge in [0, 0.05) is 15.1 Å². The van der Waals surface area contributed by atoms with Crippen LogP contribution in [-0.4, -0.2) is 5.11 Å². The molecule has 0 aliphatic heterocycles. The minimum absolute atomic E-state index is 0.234. The molecule has 2 aromatic heterocycles. The molecule has 0 aliphatic rings. The molecule has 0 aromatic carbocycles. The molecule has 0 bridgehead atoms. The van der Waals surface area contributed by atoms with Crippen LogP contribution in [0.25, 0.3) is 10.1 Å². The van der Waals surface area contributed by atoms with Crippen LogP contribution >= 0.6 is 22.7 Å². The molecular weight excluding hydrogens is 219 g/mol. The van der Waals surface area contributed by atoms with Gasteiger partial charge in [-0.3, -0.25) is 0 Å². The average molecular weight is 230 g/mol. The Kier molecular flexibility index (Phi) is 2.37. The maximum atomic E-state index is 13.8. The first-order valence-electron chi connectivity index (χ1n) is 4.38. The van der Waals surface area contributed by atoms with Crippen LogP contribution in [0.5, 0.6) is 0 Å². The van der Waals surface area contributed by atoms with Gasteiger partial charge in [0.05, 0.1) is 15.7 Å². The number of fused-ring (bicyclic) bond motifs is 1. The molecule has 0 aliphatic carbocycles. The van der Waals surface area contributed by atoms with Crippen molar-refractivity contribution in [3.8, 4) is 0 Å². The minimum Gasteiger partial charge on any atom is -0.388 e. The normalized spacial score (nSPS) is 13.8. The Bertz CT molecular complexity index is 482. The molecule has 0 radical (unpaired) electrons. The second-order valence-corrected chi connectivity index (χ2v) is 5.86. The molecule has 0 amide bonds. The SMILES string of the molecule is Cc1sc(C)c2c(F)c(C(C)O)sc12. The number of hydrogen-bond donors (Lipinski definition) is 1. The summed E-state index contributed by atoms with van der Waals surface area (Å²) in [5.74, 6) is -0.234. The lowest BCUT2D eigenvalue weighted by molar-refractivity contribution is 0.199. The van der Waals surface area contributed by atoms with Crippen molar-refractivity contribution in [3.63, 3.8) is 0 Å². The Labute approximate surface area is 89.8 Å². The van der Waals surface area contributed by atoms with Crippen molar-refractivity contribution >= 4 is 32.8 Å². The number of halogens is 1. The van der Waals surface area contributed by atoms with Crippen LogP contribution in [0.1, 0.15) is 27.7 Å². The van der Waals surface area contributed by atoms with Crippen LogP contribution < -0.4 is 0 Å². The van der Waals surface area contributed by atoms with Gasteiger partial charge in [0.25, 0.3) is 0 Å². The van der Waals surface area contributed by atoms with E-state index in [-0.39, 0.29) is 5.82 Å². The van der Waals surface area contributed by atoms with E-state index < -0.39 is 6.10 Å². The molecule has 2 aromatic rings. The monoisotopic (exact) mass is 230 g/mol. The summed E-state index contributed by atoms with van der Waals surface area (Å²) in [6, 6.07) is 0. The fourth-order valence-electron chi connectivity index (χ4n) is 1.59. The van der Waals surface area contributed by atoms with E-state index in [0.717, 1.165) is 14.5 Å². The van der Waals surface area contributed by atoms with Crippen LogP contribution in [-0.2, 0) is 0 Å². The Balaban J connectivity index is 2.81. The van der Waals surface area contributed by atoms with E-state index in [1.807, 2.05) is 13.8 Å². The molecular formula is C10H11FOS2. The van der Waals surface area contributed by atoms with Crippen molar-refractivity contribution in [1.82, 2.24) is 0 Å². The van der Waals surface area contributed by atoms with E-state index in [0.29, 0.717) is 10.3 Å². The van der Waals surface area contributed by atoms with Gasteiger partial charge in [-0.2, -0.15) is 0 Å². The molecule has 1 unspecified atom stereocenters. The lowest BCUT2D eigenvalue weighted by Crippen LogP contribution is -1.89. The summed E-state index contributed by atoms with van der Waals surface area (Å²) in [4.78, 5) is 2.58. The smallest absolute Gasteiger partial charge is 0.148 e. The summed E-state index contributed by atoms with van der Waals surface area (Å²) in [7, 11) is 0. The Morgan fingerprint density at radius 2 is 1.86 bits per heavy atom. The van der Waals surface area contributed by atoms with E-state index in [4.69, 9.17) is 0 Å². The van der Waals surface area contributed by atoms with Crippen LogP contribution in [0.2, 0.25) is 0 Å². The van der Waals surface area contributed by atoms with Gasteiger partial charge >= 0.3 is 0 Å². The zero-order valence-electron chi connectivity index (χ0n) is 8.22. The summed E-state index contributed by atoms with van der Waals surface area (Å²) in [6.45, 7) is 5.51. The highest BCUT2D eigenvalue weighted by atomic mass is 32.1. The van der Waals surface area contributed by atoms with Crippen LogP contribution in [0.3, 0.4) is 0 Å². The van der Waals surface area contributed by atoms with E-state index in [1.165, 1.54) is 11.3 Å². The third kappa shape index (κ3) is 1.29. The fourth-order valence-corrected chi connectivity index (χ4v) is 3.92. The molecule has 14 heavy (non-hydrogen) atoms. The van der Waals surface area contributed by atoms with Gasteiger partial charge in [-0.1, -0.05) is 0 Å². The fraction of sp³-hybridized carbons (Fsp3) is 0.400. The molecule has 0 spiro atoms. The average Bonchev–Trinajstić information content (AvgIpc) is 2.54. The van der Waals surface area contributed by atoms with E-state index in [2.05, 4.69) is 0 Å². The maximum absolute atomic E-state index is 13.8. The lowest BCUT2D eigenvalue weighted by atomic mass is 10.2. The first kappa shape index (κ1) is 10.1. The van der Waals surface area contributed by atoms with E-state index in [1.54, 1.807) is 18.3 Å². The van der Waals surface area contributed by atoms with Crippen molar-refractivity contribution in [2.24, 2.45) is 0 Å². The van der Waals surface area contributed by atoms with Gasteiger partial charge in [-0.05, 0) is 20.8 Å². The summed E-state index contributed by atoms with van der Waals surface area (Å²) in [5, 5.41) is 10.1. The number of aliphatic hydroxyl groups excluding tert-OH is 1. The van der Waals surface area contributed by atoms with Crippen molar-refractivity contribution in [2.45, 2.75) is 26.9 Å². The van der Waals surface area contributed by atoms with Crippen molar-refractivity contribution in [2.75, 3.05) is 0 Å². The minimum atomic E-state index is -0.712. The topological polar surface area (TPSA) is 20.2 Å². The van der Waals surface area contributed by atoms with Crippen molar-refractivity contribution in [3.05, 3.63) is 20.4 Å². The Morgan fingerprint density at radius 1 is 1.21 bits per heavy atom. The van der Waals surface area contributed by atoms with Crippen LogP contribution in [0.4, 0.5) is 4.39 Å². The molecule has 0 fully saturated rings. The molecule has 1 atom stereocenters. The third-order valence-corrected chi connectivity index (χ3v) is 4.84. The summed E-state index contributed by atoms with van der Waals surface area (Å²) in [6.07, 6.45) is -0.712. The number of rotatable bonds is 1. The van der Waals surface area contributed by atoms with Crippen LogP contribution in [0, 0.1) is 19.7 Å². The molecule has 2 heterocycles. The molecule has 0 saturated heterocycles. The number of aliphatic hydroxyl groups is 1. The third-order valence-electron chi connectivity index (χ3n) is 2.23. The molecule has 4 heteroatoms. The van der Waals surface area contributed by atoms with Gasteiger partial charge < -0.3 is 5.11 Å². The molecule has 76 valence electrons. The zero-order valence-corrected chi connectivity index (χ0v) is 9.85. The Morgan fingerprint density at radius 3 is 2.36 bits per heavy atom. The Hall–Kier alpha value is -0.450. The molecule has 0 saturated carbocycles. The zero-order chi connectivity index (χ0) is 10.5. The van der Waals surface area contributed by atoms with Gasteiger partial charge in [-0.25, -0.2) is 4.39 Å². The maximum Gasteiger partial charge on any atom is 0.148 e. The van der Waals surface area contributed by atoms with Gasteiger partial charge in [-0.15, -0.1) is 22.7 Å². The number of thiophene rings is 2. The predicted octanol–water partition coefficient (Wildman–Crippen LogP) is 3.77. The summed E-state index contributed by atoms with van der Waals surface area (Å²) in [5.41, 5.74) is 0. The standard InChI is InChI=1S/C10H11FOS2/c1-4(12)9-8(11)7-5(2)13-6(3)10(7)14-9/h4,12H,1-3H3. The van der Waals surface area contributed by atoms with Crippen LogP contribution in [0.15, 0.2) is 0 Å². The molecule has 1 N–H and O–H groups in total. The van der Waals surface area contributed by atoms with E-state index in [9.17, 15) is 9.50 Å². The highest BCUT2D eigenvalue weighted by Crippen LogP contribution is 2.41. The largest absolute Gasteiger partial charge is 0.388 e. The second kappa shape index (κ2) is 3.29. The lowest BCUT2D eigenvalue weighted by Gasteiger charge is -1.98. The predicted molar refractivity (Wildman–Crippen MR) is 59.8 cm³/mol. The first-order valence-corrected chi connectivity index (χ1v) is 6.01. The highest BCUT2D eigenvalue weighted by molar-refractivity contribution is 7.24. The molecule has 1 nitrogen and oxygen atoms in total. The summed E-state index contributed by atoms with van der Waals surface area (Å²) >= 11 is 2.98. The second-order valence-electron chi connectivity index (χ2n) is 3.37. The van der Waals surface area contributed by atoms with Gasteiger partial charge in [0.1, 0.15) is 5.82 Å². The first-order chi connectivity index (χ1) is 6.52. The molecule has 2 rings (SSSR count). The van der Waals surface area contributed by atoms with Gasteiger partial charge in [0.2, 0.25) is 0 Å².